The largest absolute Gasteiger partial charge is 0.397 e. The molecule has 5 heteroatoms. The SMILES string of the molecule is Nc1cnc(N2CCN(C3CC3)CC2)c(Br)c1. The lowest BCUT2D eigenvalue weighted by Crippen LogP contribution is -2.47. The molecule has 0 spiro atoms. The minimum Gasteiger partial charge on any atom is -0.397 e. The third kappa shape index (κ3) is 2.40. The van der Waals surface area contributed by atoms with Gasteiger partial charge in [-0.05, 0) is 34.8 Å². The molecule has 1 aromatic heterocycles. The Labute approximate surface area is 110 Å². The van der Waals surface area contributed by atoms with E-state index in [1.54, 1.807) is 6.20 Å². The predicted molar refractivity (Wildman–Crippen MR) is 73.2 cm³/mol. The van der Waals surface area contributed by atoms with E-state index in [1.165, 1.54) is 12.8 Å². The topological polar surface area (TPSA) is 45.4 Å². The predicted octanol–water partition coefficient (Wildman–Crippen LogP) is 1.71. The van der Waals surface area contributed by atoms with Crippen molar-refractivity contribution in [2.75, 3.05) is 36.8 Å². The maximum Gasteiger partial charge on any atom is 0.143 e. The molecule has 2 N–H and O–H groups in total. The molecule has 1 aliphatic carbocycles. The van der Waals surface area contributed by atoms with Crippen LogP contribution in [0, 0.1) is 0 Å². The number of aromatic nitrogens is 1. The number of hydrogen-bond acceptors (Lipinski definition) is 4. The highest BCUT2D eigenvalue weighted by atomic mass is 79.9. The normalized spacial score (nSPS) is 21.8. The lowest BCUT2D eigenvalue weighted by atomic mass is 10.3. The van der Waals surface area contributed by atoms with Crippen molar-refractivity contribution in [3.63, 3.8) is 0 Å². The van der Waals surface area contributed by atoms with Crippen molar-refractivity contribution in [1.29, 1.82) is 0 Å². The van der Waals surface area contributed by atoms with Crippen LogP contribution < -0.4 is 10.6 Å². The molecule has 0 radical (unpaired) electrons. The monoisotopic (exact) mass is 296 g/mol. The molecule has 1 saturated heterocycles. The first-order valence-electron chi connectivity index (χ1n) is 6.14. The molecule has 92 valence electrons. The summed E-state index contributed by atoms with van der Waals surface area (Å²) in [5.41, 5.74) is 6.41. The molecule has 0 aromatic carbocycles. The van der Waals surface area contributed by atoms with Crippen LogP contribution >= 0.6 is 15.9 Å². The molecular weight excluding hydrogens is 280 g/mol. The van der Waals surface area contributed by atoms with Crippen LogP contribution in [0.5, 0.6) is 0 Å². The second-order valence-electron chi connectivity index (χ2n) is 4.83. The minimum absolute atomic E-state index is 0.706. The van der Waals surface area contributed by atoms with E-state index < -0.39 is 0 Å². The van der Waals surface area contributed by atoms with E-state index in [0.29, 0.717) is 5.69 Å². The molecule has 1 saturated carbocycles. The molecule has 2 heterocycles. The second-order valence-corrected chi connectivity index (χ2v) is 5.68. The van der Waals surface area contributed by atoms with Gasteiger partial charge in [-0.25, -0.2) is 4.98 Å². The van der Waals surface area contributed by atoms with Gasteiger partial charge in [0.05, 0.1) is 16.4 Å². The zero-order chi connectivity index (χ0) is 11.8. The van der Waals surface area contributed by atoms with Crippen LogP contribution in [-0.2, 0) is 0 Å². The molecular formula is C12H17BrN4. The summed E-state index contributed by atoms with van der Waals surface area (Å²) in [4.78, 5) is 9.36. The number of nitrogens with zero attached hydrogens (tertiary/aromatic N) is 3. The molecule has 0 unspecified atom stereocenters. The van der Waals surface area contributed by atoms with E-state index in [0.717, 1.165) is 42.5 Å². The van der Waals surface area contributed by atoms with Gasteiger partial charge in [0.1, 0.15) is 5.82 Å². The quantitative estimate of drug-likeness (QED) is 0.902. The molecule has 2 fully saturated rings. The number of piperazine rings is 1. The first-order chi connectivity index (χ1) is 8.24. The number of pyridine rings is 1. The van der Waals surface area contributed by atoms with Crippen LogP contribution in [0.4, 0.5) is 11.5 Å². The number of nitrogen functional groups attached to an aromatic ring is 1. The van der Waals surface area contributed by atoms with Gasteiger partial charge in [-0.1, -0.05) is 0 Å². The summed E-state index contributed by atoms with van der Waals surface area (Å²) in [5, 5.41) is 0. The fourth-order valence-electron chi connectivity index (χ4n) is 2.42. The Morgan fingerprint density at radius 1 is 1.24 bits per heavy atom. The van der Waals surface area contributed by atoms with Gasteiger partial charge in [-0.2, -0.15) is 0 Å². The number of nitrogens with two attached hydrogens (primary N) is 1. The first-order valence-corrected chi connectivity index (χ1v) is 6.93. The second kappa shape index (κ2) is 4.46. The molecule has 4 nitrogen and oxygen atoms in total. The van der Waals surface area contributed by atoms with Gasteiger partial charge in [0.15, 0.2) is 0 Å². The van der Waals surface area contributed by atoms with Gasteiger partial charge in [0, 0.05) is 32.2 Å². The van der Waals surface area contributed by atoms with Crippen molar-refractivity contribution >= 4 is 27.4 Å². The van der Waals surface area contributed by atoms with Crippen LogP contribution in [0.2, 0.25) is 0 Å². The van der Waals surface area contributed by atoms with Crippen LogP contribution in [0.1, 0.15) is 12.8 Å². The Balaban J connectivity index is 1.68. The molecule has 17 heavy (non-hydrogen) atoms. The van der Waals surface area contributed by atoms with Gasteiger partial charge in [0.25, 0.3) is 0 Å². The van der Waals surface area contributed by atoms with Gasteiger partial charge in [-0.3, -0.25) is 4.90 Å². The lowest BCUT2D eigenvalue weighted by molar-refractivity contribution is 0.247. The number of hydrogen-bond donors (Lipinski definition) is 1. The zero-order valence-electron chi connectivity index (χ0n) is 9.77. The zero-order valence-corrected chi connectivity index (χ0v) is 11.4. The average molecular weight is 297 g/mol. The van der Waals surface area contributed by atoms with Crippen LogP contribution in [0.15, 0.2) is 16.7 Å². The fourth-order valence-corrected chi connectivity index (χ4v) is 3.03. The number of anilines is 2. The lowest BCUT2D eigenvalue weighted by Gasteiger charge is -2.35. The number of rotatable bonds is 2. The summed E-state index contributed by atoms with van der Waals surface area (Å²) in [6, 6.07) is 2.80. The van der Waals surface area contributed by atoms with Crippen molar-refractivity contribution in [2.45, 2.75) is 18.9 Å². The molecule has 0 amide bonds. The average Bonchev–Trinajstić information content (AvgIpc) is 3.13. The molecule has 0 atom stereocenters. The molecule has 3 rings (SSSR count). The first kappa shape index (κ1) is 11.3. The Morgan fingerprint density at radius 2 is 1.94 bits per heavy atom. The van der Waals surface area contributed by atoms with Crippen molar-refractivity contribution in [1.82, 2.24) is 9.88 Å². The van der Waals surface area contributed by atoms with Crippen LogP contribution in [-0.4, -0.2) is 42.1 Å². The van der Waals surface area contributed by atoms with E-state index >= 15 is 0 Å². The van der Waals surface area contributed by atoms with E-state index in [-0.39, 0.29) is 0 Å². The van der Waals surface area contributed by atoms with E-state index in [1.807, 2.05) is 6.07 Å². The molecule has 1 aliphatic heterocycles. The van der Waals surface area contributed by atoms with Crippen molar-refractivity contribution in [3.8, 4) is 0 Å². The summed E-state index contributed by atoms with van der Waals surface area (Å²) < 4.78 is 0.998. The molecule has 0 bridgehead atoms. The van der Waals surface area contributed by atoms with Crippen LogP contribution in [0.3, 0.4) is 0 Å². The van der Waals surface area contributed by atoms with E-state index in [4.69, 9.17) is 5.73 Å². The maximum absolute atomic E-state index is 5.71. The highest BCUT2D eigenvalue weighted by molar-refractivity contribution is 9.10. The van der Waals surface area contributed by atoms with Crippen molar-refractivity contribution in [3.05, 3.63) is 16.7 Å². The minimum atomic E-state index is 0.706. The van der Waals surface area contributed by atoms with Gasteiger partial charge in [0.2, 0.25) is 0 Å². The standard InChI is InChI=1S/C12H17BrN4/c13-11-7-9(14)8-15-12(11)17-5-3-16(4-6-17)10-1-2-10/h7-8,10H,1-6,14H2. The third-order valence-electron chi connectivity index (χ3n) is 3.52. The molecule has 1 aromatic rings. The van der Waals surface area contributed by atoms with Crippen molar-refractivity contribution in [2.24, 2.45) is 0 Å². The summed E-state index contributed by atoms with van der Waals surface area (Å²) in [7, 11) is 0. The van der Waals surface area contributed by atoms with Crippen LogP contribution in [0.25, 0.3) is 0 Å². The van der Waals surface area contributed by atoms with E-state index in [9.17, 15) is 0 Å². The number of halogens is 1. The Hall–Kier alpha value is -0.810. The Bertz CT molecular complexity index is 411. The summed E-state index contributed by atoms with van der Waals surface area (Å²) in [5.74, 6) is 1.02. The smallest absolute Gasteiger partial charge is 0.143 e. The van der Waals surface area contributed by atoms with Crippen molar-refractivity contribution < 1.29 is 0 Å². The summed E-state index contributed by atoms with van der Waals surface area (Å²) in [6.07, 6.45) is 4.51. The van der Waals surface area contributed by atoms with Gasteiger partial charge < -0.3 is 10.6 Å². The maximum atomic E-state index is 5.71. The highest BCUT2D eigenvalue weighted by Gasteiger charge is 2.31. The third-order valence-corrected chi connectivity index (χ3v) is 4.10. The Kier molecular flexibility index (Phi) is 2.96. The Morgan fingerprint density at radius 3 is 2.53 bits per heavy atom. The fraction of sp³-hybridized carbons (Fsp3) is 0.583. The summed E-state index contributed by atoms with van der Waals surface area (Å²) >= 11 is 3.54. The molecule has 2 aliphatic rings. The van der Waals surface area contributed by atoms with E-state index in [2.05, 4.69) is 30.7 Å². The summed E-state index contributed by atoms with van der Waals surface area (Å²) in [6.45, 7) is 4.43. The highest BCUT2D eigenvalue weighted by Crippen LogP contribution is 2.30. The van der Waals surface area contributed by atoms with Gasteiger partial charge >= 0.3 is 0 Å². The van der Waals surface area contributed by atoms with Gasteiger partial charge in [-0.15, -0.1) is 0 Å².